The molecule has 0 unspecified atom stereocenters. The molecular weight excluding hydrogens is 248 g/mol. The van der Waals surface area contributed by atoms with Gasteiger partial charge in [0.05, 0.1) is 0 Å². The summed E-state index contributed by atoms with van der Waals surface area (Å²) >= 11 is 0. The van der Waals surface area contributed by atoms with E-state index < -0.39 is 0 Å². The molecular formula is C17H18N2O. The highest BCUT2D eigenvalue weighted by Crippen LogP contribution is 2.10. The number of rotatable bonds is 4. The topological polar surface area (TPSA) is 42.0 Å². The van der Waals surface area contributed by atoms with E-state index in [1.54, 1.807) is 12.3 Å². The fraction of sp³-hybridized carbons (Fsp3) is 0.176. The minimum absolute atomic E-state index is 0.0114. The van der Waals surface area contributed by atoms with Gasteiger partial charge in [0, 0.05) is 23.5 Å². The van der Waals surface area contributed by atoms with Crippen LogP contribution in [0.1, 0.15) is 28.4 Å². The minimum atomic E-state index is -0.0114. The van der Waals surface area contributed by atoms with Crippen LogP contribution in [0.2, 0.25) is 0 Å². The Hall–Kier alpha value is -2.42. The van der Waals surface area contributed by atoms with Crippen LogP contribution >= 0.6 is 0 Å². The quantitative estimate of drug-likeness (QED) is 0.674. The number of carbonyl (C=O) groups is 1. The van der Waals surface area contributed by atoms with E-state index in [1.807, 2.05) is 57.2 Å². The van der Waals surface area contributed by atoms with Gasteiger partial charge in [-0.25, -0.2) is 4.98 Å². The van der Waals surface area contributed by atoms with E-state index in [1.165, 1.54) is 0 Å². The van der Waals surface area contributed by atoms with E-state index in [0.29, 0.717) is 5.56 Å². The predicted octanol–water partition coefficient (Wildman–Crippen LogP) is 3.90. The molecule has 2 aromatic rings. The predicted molar refractivity (Wildman–Crippen MR) is 81.9 cm³/mol. The molecule has 1 N–H and O–H groups in total. The molecule has 1 aromatic heterocycles. The maximum Gasteiger partial charge on any atom is 0.187 e. The summed E-state index contributed by atoms with van der Waals surface area (Å²) in [6, 6.07) is 11.4. The summed E-state index contributed by atoms with van der Waals surface area (Å²) in [5.41, 5.74) is 3.73. The van der Waals surface area contributed by atoms with Crippen LogP contribution in [0.25, 0.3) is 0 Å². The maximum absolute atomic E-state index is 12.1. The summed E-state index contributed by atoms with van der Waals surface area (Å²) in [7, 11) is 0. The van der Waals surface area contributed by atoms with Gasteiger partial charge in [-0.15, -0.1) is 0 Å². The van der Waals surface area contributed by atoms with Gasteiger partial charge in [-0.05, 0) is 38.5 Å². The van der Waals surface area contributed by atoms with Crippen LogP contribution in [-0.4, -0.2) is 10.8 Å². The van der Waals surface area contributed by atoms with Crippen molar-refractivity contribution >= 4 is 11.6 Å². The van der Waals surface area contributed by atoms with E-state index in [9.17, 15) is 4.79 Å². The molecule has 102 valence electrons. The molecule has 3 heteroatoms. The summed E-state index contributed by atoms with van der Waals surface area (Å²) in [6.07, 6.45) is 3.33. The van der Waals surface area contributed by atoms with Gasteiger partial charge >= 0.3 is 0 Å². The van der Waals surface area contributed by atoms with E-state index >= 15 is 0 Å². The number of nitrogens with zero attached hydrogens (tertiary/aromatic N) is 1. The fourth-order valence-corrected chi connectivity index (χ4v) is 1.84. The average molecular weight is 266 g/mol. The summed E-state index contributed by atoms with van der Waals surface area (Å²) < 4.78 is 0. The number of pyridine rings is 1. The molecule has 0 spiro atoms. The Morgan fingerprint density at radius 1 is 1.10 bits per heavy atom. The van der Waals surface area contributed by atoms with Crippen LogP contribution in [-0.2, 0) is 0 Å². The van der Waals surface area contributed by atoms with Crippen LogP contribution in [0, 0.1) is 13.8 Å². The van der Waals surface area contributed by atoms with Gasteiger partial charge in [0.25, 0.3) is 0 Å². The Labute approximate surface area is 119 Å². The lowest BCUT2D eigenvalue weighted by Gasteiger charge is -2.06. The molecule has 3 nitrogen and oxygen atoms in total. The summed E-state index contributed by atoms with van der Waals surface area (Å²) in [6.45, 7) is 5.86. The van der Waals surface area contributed by atoms with Crippen LogP contribution in [0.15, 0.2) is 54.4 Å². The molecule has 0 fully saturated rings. The summed E-state index contributed by atoms with van der Waals surface area (Å²) in [5, 5.41) is 3.12. The van der Waals surface area contributed by atoms with Gasteiger partial charge in [0.15, 0.2) is 5.78 Å². The highest BCUT2D eigenvalue weighted by molar-refractivity contribution is 6.05. The van der Waals surface area contributed by atoms with Gasteiger partial charge < -0.3 is 5.32 Å². The van der Waals surface area contributed by atoms with Crippen molar-refractivity contribution in [2.45, 2.75) is 20.8 Å². The molecule has 0 saturated carbocycles. The number of aryl methyl sites for hydroxylation is 2. The first kappa shape index (κ1) is 14.0. The molecule has 0 aliphatic heterocycles. The molecule has 1 heterocycles. The Bertz CT molecular complexity index is 642. The third kappa shape index (κ3) is 3.79. The summed E-state index contributed by atoms with van der Waals surface area (Å²) in [5.74, 6) is 0.734. The Kier molecular flexibility index (Phi) is 4.31. The monoisotopic (exact) mass is 266 g/mol. The molecule has 0 bridgehead atoms. The molecule has 0 radical (unpaired) electrons. The highest BCUT2D eigenvalue weighted by Gasteiger charge is 2.03. The lowest BCUT2D eigenvalue weighted by atomic mass is 10.1. The van der Waals surface area contributed by atoms with Gasteiger partial charge in [-0.3, -0.25) is 4.79 Å². The SMILES string of the molecule is C/C(=C\C(=O)c1ccc(C)cc1)Nc1cc(C)ccn1. The standard InChI is InChI=1S/C17H18N2O/c1-12-4-6-15(7-5-12)16(20)11-14(3)19-17-10-13(2)8-9-18-17/h4-11H,1-3H3,(H,18,19)/b14-11+. The van der Waals surface area contributed by atoms with Crippen molar-refractivity contribution in [3.8, 4) is 0 Å². The highest BCUT2D eigenvalue weighted by atomic mass is 16.1. The van der Waals surface area contributed by atoms with Crippen LogP contribution < -0.4 is 5.32 Å². The van der Waals surface area contributed by atoms with Gasteiger partial charge in [-0.2, -0.15) is 0 Å². The number of nitrogens with one attached hydrogen (secondary N) is 1. The zero-order chi connectivity index (χ0) is 14.5. The zero-order valence-corrected chi connectivity index (χ0v) is 12.0. The fourth-order valence-electron chi connectivity index (χ4n) is 1.84. The number of ketones is 1. The molecule has 1 aromatic carbocycles. The first-order valence-corrected chi connectivity index (χ1v) is 6.53. The number of hydrogen-bond donors (Lipinski definition) is 1. The van der Waals surface area contributed by atoms with Crippen molar-refractivity contribution < 1.29 is 4.79 Å². The third-order valence-electron chi connectivity index (χ3n) is 2.92. The van der Waals surface area contributed by atoms with Gasteiger partial charge in [-0.1, -0.05) is 29.8 Å². The number of anilines is 1. The number of allylic oxidation sites excluding steroid dienone is 2. The second-order valence-electron chi connectivity index (χ2n) is 4.90. The number of aromatic nitrogens is 1. The van der Waals surface area contributed by atoms with E-state index in [2.05, 4.69) is 10.3 Å². The van der Waals surface area contributed by atoms with E-state index in [0.717, 1.165) is 22.6 Å². The molecule has 2 rings (SSSR count). The van der Waals surface area contributed by atoms with Gasteiger partial charge in [0.2, 0.25) is 0 Å². The minimum Gasteiger partial charge on any atom is -0.344 e. The Morgan fingerprint density at radius 3 is 2.45 bits per heavy atom. The maximum atomic E-state index is 12.1. The zero-order valence-electron chi connectivity index (χ0n) is 12.0. The van der Waals surface area contributed by atoms with Crippen molar-refractivity contribution in [1.29, 1.82) is 0 Å². The lowest BCUT2D eigenvalue weighted by Crippen LogP contribution is -2.02. The first-order valence-electron chi connectivity index (χ1n) is 6.53. The van der Waals surface area contributed by atoms with Crippen molar-refractivity contribution in [1.82, 2.24) is 4.98 Å². The second kappa shape index (κ2) is 6.15. The van der Waals surface area contributed by atoms with Crippen LogP contribution in [0.3, 0.4) is 0 Å². The Balaban J connectivity index is 2.10. The van der Waals surface area contributed by atoms with Gasteiger partial charge in [0.1, 0.15) is 5.82 Å². The number of carbonyl (C=O) groups excluding carboxylic acids is 1. The number of benzene rings is 1. The summed E-state index contributed by atoms with van der Waals surface area (Å²) in [4.78, 5) is 16.3. The molecule has 0 atom stereocenters. The van der Waals surface area contributed by atoms with Crippen molar-refractivity contribution in [2.75, 3.05) is 5.32 Å². The molecule has 0 saturated heterocycles. The number of hydrogen-bond acceptors (Lipinski definition) is 3. The molecule has 0 aliphatic carbocycles. The normalized spacial score (nSPS) is 11.2. The van der Waals surface area contributed by atoms with Crippen molar-refractivity contribution in [2.24, 2.45) is 0 Å². The molecule has 0 amide bonds. The average Bonchev–Trinajstić information content (AvgIpc) is 2.39. The van der Waals surface area contributed by atoms with Crippen molar-refractivity contribution in [3.05, 3.63) is 71.1 Å². The van der Waals surface area contributed by atoms with Crippen LogP contribution in [0.5, 0.6) is 0 Å². The molecule has 20 heavy (non-hydrogen) atoms. The lowest BCUT2D eigenvalue weighted by molar-refractivity contribution is 0.104. The molecule has 0 aliphatic rings. The Morgan fingerprint density at radius 2 is 1.80 bits per heavy atom. The first-order chi connectivity index (χ1) is 9.54. The third-order valence-corrected chi connectivity index (χ3v) is 2.92. The smallest absolute Gasteiger partial charge is 0.187 e. The largest absolute Gasteiger partial charge is 0.344 e. The van der Waals surface area contributed by atoms with E-state index in [-0.39, 0.29) is 5.78 Å². The van der Waals surface area contributed by atoms with Crippen LogP contribution in [0.4, 0.5) is 5.82 Å². The van der Waals surface area contributed by atoms with E-state index in [4.69, 9.17) is 0 Å². The second-order valence-corrected chi connectivity index (χ2v) is 4.90. The van der Waals surface area contributed by atoms with Crippen molar-refractivity contribution in [3.63, 3.8) is 0 Å².